The Hall–Kier alpha value is -8.40. The molecule has 16 nitrogen and oxygen atoms in total. The zero-order valence-corrected chi connectivity index (χ0v) is 57.9. The Morgan fingerprint density at radius 2 is 0.885 bits per heavy atom. The smallest absolute Gasteiger partial charge is 0.342 e. The summed E-state index contributed by atoms with van der Waals surface area (Å²) in [6, 6.07) is 26.6. The molecule has 0 N–H and O–H groups in total. The molecule has 514 valence electrons. The van der Waals surface area contributed by atoms with Crippen molar-refractivity contribution in [3.8, 4) is 23.0 Å². The van der Waals surface area contributed by atoms with Crippen LogP contribution in [-0.4, -0.2) is 73.2 Å². The summed E-state index contributed by atoms with van der Waals surface area (Å²) in [4.78, 5) is 97.1. The number of benzene rings is 4. The Kier molecular flexibility index (Phi) is 24.2. The van der Waals surface area contributed by atoms with E-state index in [1.54, 1.807) is 125 Å². The molecule has 4 aromatic rings. The molecular weight excluding hydrogens is 1220 g/mol. The minimum atomic E-state index is -0.549. The number of rotatable bonds is 19. The number of para-hydroxylation sites is 4. The minimum absolute atomic E-state index is 0.00332. The van der Waals surface area contributed by atoms with Gasteiger partial charge in [0.05, 0.1) is 13.2 Å². The highest BCUT2D eigenvalue weighted by Gasteiger charge is 2.63. The molecule has 16 heteroatoms. The summed E-state index contributed by atoms with van der Waals surface area (Å²) >= 11 is 0. The fourth-order valence-electron chi connectivity index (χ4n) is 15.6. The van der Waals surface area contributed by atoms with Crippen LogP contribution >= 0.6 is 0 Å². The van der Waals surface area contributed by atoms with Crippen LogP contribution in [0.2, 0.25) is 0 Å². The maximum atomic E-state index is 12.8. The molecule has 0 saturated heterocycles. The van der Waals surface area contributed by atoms with Crippen LogP contribution in [-0.2, 0) is 38.1 Å². The molecule has 7 saturated carbocycles. The lowest BCUT2D eigenvalue weighted by molar-refractivity contribution is -0.131. The van der Waals surface area contributed by atoms with Crippen molar-refractivity contribution in [1.29, 1.82) is 0 Å². The van der Waals surface area contributed by atoms with E-state index >= 15 is 0 Å². The van der Waals surface area contributed by atoms with Crippen LogP contribution in [0.5, 0.6) is 23.0 Å². The first kappa shape index (κ1) is 73.4. The molecular formula is C80H98O16. The molecule has 0 heterocycles. The molecule has 0 aromatic heterocycles. The number of carbonyl (C=O) groups is 8. The van der Waals surface area contributed by atoms with Crippen molar-refractivity contribution in [2.45, 2.75) is 184 Å². The molecule has 7 aliphatic rings. The standard InChI is InChI=1S/2C21H26O4.C19H22O4.C19H24O4/c1-13(2)17(22)24-16-9-7-6-8-15(16)18(23)25-19-20(3,4)14-10-11-21(19,5)12-14;1-13(2)18(22)24-16-9-7-6-8-15(16)19(23)25-17-12-14-10-11-21(17,5)20(14,3)4;1-12(2)18(20)23-17-6-4-3-5-16(17)19(21)22-11-15-10-13-7-8-14(15)9-13;1-14(2)18(20)23-17-11-7-6-10-16(17)19(21)22-13-12-15-8-4-3-5-9-15/h6-9,14,19H,1,10-12H2,2-5H3;6-9,14,17H,1,10-12H2,2-5H3;3-6,13-15H,1,7-11H2,2H3;6-7,10-11,15H,1,3-5,8-9,12-13H2,2H3. The number of carbonyl (C=O) groups excluding carboxylic acids is 8. The monoisotopic (exact) mass is 1310 g/mol. The average Bonchev–Trinajstić information content (AvgIpc) is 1.56. The molecule has 9 atom stereocenters. The number of hydrogen-bond acceptors (Lipinski definition) is 16. The van der Waals surface area contributed by atoms with Gasteiger partial charge in [-0.15, -0.1) is 0 Å². The summed E-state index contributed by atoms with van der Waals surface area (Å²) in [5.41, 5.74) is 2.41. The van der Waals surface area contributed by atoms with Gasteiger partial charge in [-0.25, -0.2) is 38.4 Å². The van der Waals surface area contributed by atoms with E-state index in [1.807, 2.05) is 0 Å². The molecule has 6 bridgehead atoms. The fourth-order valence-corrected chi connectivity index (χ4v) is 15.6. The molecule has 4 aromatic carbocycles. The summed E-state index contributed by atoms with van der Waals surface area (Å²) in [7, 11) is 0. The third-order valence-corrected chi connectivity index (χ3v) is 21.8. The molecule has 96 heavy (non-hydrogen) atoms. The van der Waals surface area contributed by atoms with Gasteiger partial charge in [0.1, 0.15) is 57.5 Å². The van der Waals surface area contributed by atoms with E-state index in [1.165, 1.54) is 70.6 Å². The predicted molar refractivity (Wildman–Crippen MR) is 365 cm³/mol. The van der Waals surface area contributed by atoms with E-state index in [2.05, 4.69) is 67.9 Å². The summed E-state index contributed by atoms with van der Waals surface area (Å²) in [6.45, 7) is 34.7. The molecule has 0 amide bonds. The topological polar surface area (TPSA) is 210 Å². The van der Waals surface area contributed by atoms with Crippen molar-refractivity contribution >= 4 is 47.8 Å². The van der Waals surface area contributed by atoms with Gasteiger partial charge >= 0.3 is 47.8 Å². The van der Waals surface area contributed by atoms with Gasteiger partial charge in [-0.05, 0) is 181 Å². The fraction of sp³-hybridized carbons (Fsp3) is 0.500. The SMILES string of the molecule is C=C(C)C(=O)Oc1ccccc1C(=O)OC1C2(C)CCC(C2)C1(C)C.C=C(C)C(=O)Oc1ccccc1C(=O)OC1CC2CCC1(C)C2(C)C.C=C(C)C(=O)Oc1ccccc1C(=O)OCC1CC2CCC1C2.C=C(C)C(=O)Oc1ccccc1C(=O)OCCC1CCCCC1. The van der Waals surface area contributed by atoms with Crippen molar-refractivity contribution in [3.05, 3.63) is 168 Å². The van der Waals surface area contributed by atoms with Gasteiger partial charge in [-0.1, -0.05) is 155 Å². The van der Waals surface area contributed by atoms with Crippen LogP contribution in [0.1, 0.15) is 213 Å². The van der Waals surface area contributed by atoms with Gasteiger partial charge < -0.3 is 37.9 Å². The van der Waals surface area contributed by atoms with Gasteiger partial charge in [0, 0.05) is 38.5 Å². The third-order valence-electron chi connectivity index (χ3n) is 21.8. The second kappa shape index (κ2) is 31.6. The van der Waals surface area contributed by atoms with Gasteiger partial charge in [-0.3, -0.25) is 0 Å². The van der Waals surface area contributed by atoms with Crippen LogP contribution < -0.4 is 18.9 Å². The predicted octanol–water partition coefficient (Wildman–Crippen LogP) is 17.1. The molecule has 0 radical (unpaired) electrons. The van der Waals surface area contributed by atoms with Crippen LogP contribution in [0.4, 0.5) is 0 Å². The normalized spacial score (nSPS) is 24.9. The Morgan fingerprint density at radius 1 is 0.458 bits per heavy atom. The third kappa shape index (κ3) is 17.4. The summed E-state index contributed by atoms with van der Waals surface area (Å²) in [5.74, 6) is 0.791. The average molecular weight is 1320 g/mol. The number of hydrogen-bond donors (Lipinski definition) is 0. The van der Waals surface area contributed by atoms with Crippen molar-refractivity contribution in [1.82, 2.24) is 0 Å². The summed E-state index contributed by atoms with van der Waals surface area (Å²) in [6.07, 6.45) is 18.6. The van der Waals surface area contributed by atoms with E-state index in [0.717, 1.165) is 38.0 Å². The first-order valence-electron chi connectivity index (χ1n) is 34.1. The maximum absolute atomic E-state index is 12.8. The zero-order chi connectivity index (χ0) is 69.9. The molecule has 7 aliphatic carbocycles. The zero-order valence-electron chi connectivity index (χ0n) is 57.9. The largest absolute Gasteiger partial charge is 0.462 e. The van der Waals surface area contributed by atoms with Crippen LogP contribution in [0.3, 0.4) is 0 Å². The van der Waals surface area contributed by atoms with E-state index in [4.69, 9.17) is 37.9 Å². The van der Waals surface area contributed by atoms with Gasteiger partial charge in [0.2, 0.25) is 0 Å². The number of esters is 8. The van der Waals surface area contributed by atoms with Crippen molar-refractivity contribution in [3.63, 3.8) is 0 Å². The van der Waals surface area contributed by atoms with E-state index < -0.39 is 47.8 Å². The molecule has 0 spiro atoms. The lowest BCUT2D eigenvalue weighted by atomic mass is 9.70. The van der Waals surface area contributed by atoms with E-state index in [9.17, 15) is 38.4 Å². The van der Waals surface area contributed by atoms with Crippen LogP contribution in [0.15, 0.2) is 146 Å². The first-order valence-corrected chi connectivity index (χ1v) is 34.1. The van der Waals surface area contributed by atoms with Gasteiger partial charge in [0.25, 0.3) is 0 Å². The second-order valence-corrected chi connectivity index (χ2v) is 29.3. The van der Waals surface area contributed by atoms with Gasteiger partial charge in [0.15, 0.2) is 0 Å². The highest BCUT2D eigenvalue weighted by Crippen LogP contribution is 2.67. The lowest BCUT2D eigenvalue weighted by Gasteiger charge is -2.41. The molecule has 0 aliphatic heterocycles. The first-order chi connectivity index (χ1) is 45.4. The van der Waals surface area contributed by atoms with E-state index in [0.29, 0.717) is 42.8 Å². The molecule has 9 unspecified atom stereocenters. The Balaban J connectivity index is 0.000000164. The Bertz CT molecular complexity index is 3600. The van der Waals surface area contributed by atoms with Crippen molar-refractivity contribution in [2.24, 2.45) is 57.2 Å². The van der Waals surface area contributed by atoms with Crippen molar-refractivity contribution < 1.29 is 76.3 Å². The molecule has 7 fully saturated rings. The summed E-state index contributed by atoms with van der Waals surface area (Å²) < 4.78 is 43.7. The van der Waals surface area contributed by atoms with Crippen LogP contribution in [0, 0.1) is 57.2 Å². The van der Waals surface area contributed by atoms with Crippen molar-refractivity contribution in [2.75, 3.05) is 13.2 Å². The second-order valence-electron chi connectivity index (χ2n) is 29.3. The van der Waals surface area contributed by atoms with E-state index in [-0.39, 0.29) is 101 Å². The quantitative estimate of drug-likeness (QED) is 0.0370. The van der Waals surface area contributed by atoms with Crippen LogP contribution in [0.25, 0.3) is 0 Å². The number of fused-ring (bicyclic) bond motifs is 6. The number of ether oxygens (including phenoxy) is 8. The lowest BCUT2D eigenvalue weighted by Crippen LogP contribution is -2.43. The highest BCUT2D eigenvalue weighted by atomic mass is 16.6. The highest BCUT2D eigenvalue weighted by molar-refractivity contribution is 5.98. The Morgan fingerprint density at radius 3 is 1.27 bits per heavy atom. The van der Waals surface area contributed by atoms with Gasteiger partial charge in [-0.2, -0.15) is 0 Å². The summed E-state index contributed by atoms with van der Waals surface area (Å²) in [5, 5.41) is 0. The minimum Gasteiger partial charge on any atom is -0.462 e. The molecule has 11 rings (SSSR count). The maximum Gasteiger partial charge on any atom is 0.342 e. The Labute approximate surface area is 566 Å².